The van der Waals surface area contributed by atoms with Crippen molar-refractivity contribution >= 4 is 28.6 Å². The molecule has 7 rings (SSSR count). The molecular weight excluding hydrogens is 540 g/mol. The Morgan fingerprint density at radius 1 is 1.07 bits per heavy atom. The zero-order valence-corrected chi connectivity index (χ0v) is 23.0. The minimum Gasteiger partial charge on any atom is -0.379 e. The SMILES string of the molecule is O=C1NC(c2ccc(Nc3ncc4ccn(-c5cc(F)c(CN6CCOCC6)c(F)c5)c4n3)cc2)CN2C=CCCC12. The van der Waals surface area contributed by atoms with Crippen molar-refractivity contribution in [2.45, 2.75) is 31.5 Å². The molecule has 0 aliphatic carbocycles. The first-order chi connectivity index (χ1) is 20.5. The maximum absolute atomic E-state index is 15.1. The molecule has 0 spiro atoms. The van der Waals surface area contributed by atoms with E-state index in [1.54, 1.807) is 17.0 Å². The topological polar surface area (TPSA) is 87.5 Å². The lowest BCUT2D eigenvalue weighted by molar-refractivity contribution is -0.129. The number of allylic oxidation sites excluding steroid dienone is 1. The second-order valence-corrected chi connectivity index (χ2v) is 10.9. The molecule has 0 radical (unpaired) electrons. The number of carbonyl (C=O) groups excluding carboxylic acids is 1. The van der Waals surface area contributed by atoms with E-state index >= 15 is 8.78 Å². The first-order valence-corrected chi connectivity index (χ1v) is 14.2. The molecule has 216 valence electrons. The molecule has 2 aromatic carbocycles. The summed E-state index contributed by atoms with van der Waals surface area (Å²) in [6.07, 6.45) is 9.32. The number of fused-ring (bicyclic) bond motifs is 2. The summed E-state index contributed by atoms with van der Waals surface area (Å²) in [6.45, 7) is 3.34. The highest BCUT2D eigenvalue weighted by Gasteiger charge is 2.34. The highest BCUT2D eigenvalue weighted by atomic mass is 19.1. The van der Waals surface area contributed by atoms with Gasteiger partial charge in [0.1, 0.15) is 23.3 Å². The van der Waals surface area contributed by atoms with Crippen molar-refractivity contribution in [2.24, 2.45) is 0 Å². The average molecular weight is 572 g/mol. The first kappa shape index (κ1) is 26.5. The minimum atomic E-state index is -0.591. The molecule has 5 heterocycles. The van der Waals surface area contributed by atoms with E-state index in [2.05, 4.69) is 31.6 Å². The Balaban J connectivity index is 1.08. The van der Waals surface area contributed by atoms with Gasteiger partial charge in [0, 0.05) is 55.2 Å². The van der Waals surface area contributed by atoms with E-state index in [1.165, 1.54) is 12.1 Å². The number of piperazine rings is 1. The van der Waals surface area contributed by atoms with Crippen LogP contribution in [-0.2, 0) is 16.1 Å². The van der Waals surface area contributed by atoms with E-state index in [0.29, 0.717) is 43.6 Å². The van der Waals surface area contributed by atoms with Crippen LogP contribution in [0, 0.1) is 11.6 Å². The molecule has 42 heavy (non-hydrogen) atoms. The third kappa shape index (κ3) is 5.21. The summed E-state index contributed by atoms with van der Waals surface area (Å²) in [7, 11) is 0. The Morgan fingerprint density at radius 2 is 1.86 bits per heavy atom. The Hall–Kier alpha value is -4.35. The number of nitrogens with zero attached hydrogens (tertiary/aromatic N) is 5. The van der Waals surface area contributed by atoms with Crippen LogP contribution in [0.1, 0.15) is 30.0 Å². The predicted octanol–water partition coefficient (Wildman–Crippen LogP) is 4.42. The Labute approximate surface area is 241 Å². The van der Waals surface area contributed by atoms with E-state index in [9.17, 15) is 4.79 Å². The molecule has 2 atom stereocenters. The van der Waals surface area contributed by atoms with Crippen LogP contribution in [0.25, 0.3) is 16.7 Å². The van der Waals surface area contributed by atoms with Gasteiger partial charge in [-0.25, -0.2) is 13.8 Å². The summed E-state index contributed by atoms with van der Waals surface area (Å²) in [5.41, 5.74) is 2.71. The van der Waals surface area contributed by atoms with Crippen molar-refractivity contribution in [1.82, 2.24) is 29.7 Å². The lowest BCUT2D eigenvalue weighted by atomic mass is 9.97. The summed E-state index contributed by atoms with van der Waals surface area (Å²) in [5, 5.41) is 7.11. The van der Waals surface area contributed by atoms with Gasteiger partial charge in [0.2, 0.25) is 11.9 Å². The Morgan fingerprint density at radius 3 is 2.64 bits per heavy atom. The molecule has 2 fully saturated rings. The summed E-state index contributed by atoms with van der Waals surface area (Å²) < 4.78 is 37.2. The molecule has 1 amide bonds. The number of carbonyl (C=O) groups is 1. The van der Waals surface area contributed by atoms with Crippen molar-refractivity contribution in [2.75, 3.05) is 38.2 Å². The van der Waals surface area contributed by atoms with Crippen LogP contribution in [0.5, 0.6) is 0 Å². The highest BCUT2D eigenvalue weighted by Crippen LogP contribution is 2.28. The number of benzene rings is 2. The van der Waals surface area contributed by atoms with Crippen molar-refractivity contribution in [3.8, 4) is 5.69 Å². The first-order valence-electron chi connectivity index (χ1n) is 14.2. The summed E-state index contributed by atoms with van der Waals surface area (Å²) in [6, 6.07) is 12.1. The monoisotopic (exact) mass is 571 g/mol. The number of morpholine rings is 1. The van der Waals surface area contributed by atoms with Crippen LogP contribution >= 0.6 is 0 Å². The van der Waals surface area contributed by atoms with Crippen molar-refractivity contribution < 1.29 is 18.3 Å². The molecule has 0 bridgehead atoms. The normalized spacial score (nSPS) is 20.9. The smallest absolute Gasteiger partial charge is 0.243 e. The maximum Gasteiger partial charge on any atom is 0.243 e. The number of halogens is 2. The molecule has 3 aliphatic heterocycles. The quantitative estimate of drug-likeness (QED) is 0.354. The van der Waals surface area contributed by atoms with Crippen LogP contribution in [0.3, 0.4) is 0 Å². The third-order valence-electron chi connectivity index (χ3n) is 8.20. The van der Waals surface area contributed by atoms with Gasteiger partial charge in [-0.1, -0.05) is 18.2 Å². The molecule has 2 saturated heterocycles. The number of aromatic nitrogens is 3. The molecular formula is C31H31F2N7O2. The molecule has 0 saturated carbocycles. The maximum atomic E-state index is 15.1. The van der Waals surface area contributed by atoms with E-state index in [0.717, 1.165) is 36.0 Å². The fourth-order valence-electron chi connectivity index (χ4n) is 5.89. The van der Waals surface area contributed by atoms with Crippen LogP contribution in [0.15, 0.2) is 67.1 Å². The molecule has 3 aliphatic rings. The number of amides is 1. The van der Waals surface area contributed by atoms with Gasteiger partial charge in [0.25, 0.3) is 0 Å². The predicted molar refractivity (Wildman–Crippen MR) is 154 cm³/mol. The van der Waals surface area contributed by atoms with Gasteiger partial charge in [-0.15, -0.1) is 0 Å². The molecule has 9 nitrogen and oxygen atoms in total. The van der Waals surface area contributed by atoms with Crippen molar-refractivity contribution in [3.05, 3.63) is 89.9 Å². The average Bonchev–Trinajstić information content (AvgIpc) is 3.43. The molecule has 4 aromatic rings. The summed E-state index contributed by atoms with van der Waals surface area (Å²) in [4.78, 5) is 25.8. The lowest BCUT2D eigenvalue weighted by Gasteiger charge is -2.40. The second-order valence-electron chi connectivity index (χ2n) is 10.9. The van der Waals surface area contributed by atoms with Gasteiger partial charge in [0.15, 0.2) is 0 Å². The van der Waals surface area contributed by atoms with Crippen LogP contribution in [0.4, 0.5) is 20.4 Å². The number of rotatable bonds is 6. The van der Waals surface area contributed by atoms with Gasteiger partial charge in [-0.05, 0) is 54.9 Å². The molecule has 2 unspecified atom stereocenters. The largest absolute Gasteiger partial charge is 0.379 e. The van der Waals surface area contributed by atoms with Crippen molar-refractivity contribution in [1.29, 1.82) is 0 Å². The number of hydrogen-bond acceptors (Lipinski definition) is 7. The summed E-state index contributed by atoms with van der Waals surface area (Å²) >= 11 is 0. The minimum absolute atomic E-state index is 0.0533. The van der Waals surface area contributed by atoms with Gasteiger partial charge in [-0.2, -0.15) is 4.98 Å². The van der Waals surface area contributed by atoms with Gasteiger partial charge in [-0.3, -0.25) is 9.69 Å². The standard InChI is InChI=1S/C31H31F2N7O2/c32-25-15-23(16-26(33)24(25)18-38-11-13-42-14-12-38)40-10-8-21-17-34-31(37-29(21)40)35-22-6-4-20(5-7-22)27-19-39-9-2-1-3-28(39)30(41)36-27/h2,4-10,15-17,27-28H,1,3,11-14,18-19H2,(H,36,41)(H,34,35,37). The summed E-state index contributed by atoms with van der Waals surface area (Å²) in [5.74, 6) is -0.764. The fourth-order valence-corrected chi connectivity index (χ4v) is 5.89. The van der Waals surface area contributed by atoms with Gasteiger partial charge < -0.3 is 24.8 Å². The number of nitrogens with one attached hydrogen (secondary N) is 2. The van der Waals surface area contributed by atoms with Crippen LogP contribution in [-0.4, -0.2) is 69.1 Å². The van der Waals surface area contributed by atoms with Crippen LogP contribution in [0.2, 0.25) is 0 Å². The van der Waals surface area contributed by atoms with Crippen molar-refractivity contribution in [3.63, 3.8) is 0 Å². The lowest BCUT2D eigenvalue weighted by Crippen LogP contribution is -2.55. The Kier molecular flexibility index (Phi) is 7.04. The van der Waals surface area contributed by atoms with E-state index in [-0.39, 0.29) is 30.1 Å². The zero-order valence-electron chi connectivity index (χ0n) is 23.0. The molecule has 11 heteroatoms. The Bertz CT molecular complexity index is 1630. The molecule has 2 N–H and O–H groups in total. The number of hydrogen-bond donors (Lipinski definition) is 2. The van der Waals surface area contributed by atoms with E-state index in [4.69, 9.17) is 4.74 Å². The second kappa shape index (κ2) is 11.1. The van der Waals surface area contributed by atoms with E-state index in [1.807, 2.05) is 41.4 Å². The number of anilines is 2. The highest BCUT2D eigenvalue weighted by molar-refractivity contribution is 5.83. The third-order valence-corrected chi connectivity index (χ3v) is 8.20. The zero-order chi connectivity index (χ0) is 28.6. The van der Waals surface area contributed by atoms with Gasteiger partial charge in [0.05, 0.1) is 24.9 Å². The van der Waals surface area contributed by atoms with Gasteiger partial charge >= 0.3 is 0 Å². The van der Waals surface area contributed by atoms with Crippen LogP contribution < -0.4 is 10.6 Å². The fraction of sp³-hybridized carbons (Fsp3) is 0.323. The van der Waals surface area contributed by atoms with E-state index < -0.39 is 11.6 Å². The molecule has 2 aromatic heterocycles. The number of ether oxygens (including phenoxy) is 1.